The zero-order chi connectivity index (χ0) is 14.7. The highest BCUT2D eigenvalue weighted by Gasteiger charge is 2.30. The molecular formula is C17H22N2O2. The van der Waals surface area contributed by atoms with Gasteiger partial charge in [-0.3, -0.25) is 4.90 Å². The summed E-state index contributed by atoms with van der Waals surface area (Å²) in [7, 11) is 0. The van der Waals surface area contributed by atoms with Crippen LogP contribution in [0.3, 0.4) is 0 Å². The van der Waals surface area contributed by atoms with Crippen molar-refractivity contribution in [3.63, 3.8) is 0 Å². The van der Waals surface area contributed by atoms with Crippen LogP contribution >= 0.6 is 0 Å². The number of nitrogens with zero attached hydrogens (tertiary/aromatic N) is 2. The summed E-state index contributed by atoms with van der Waals surface area (Å²) in [4.78, 5) is 6.71. The molecule has 4 heteroatoms. The Morgan fingerprint density at radius 2 is 2.14 bits per heavy atom. The summed E-state index contributed by atoms with van der Waals surface area (Å²) in [6, 6.07) is 10.0. The zero-order valence-corrected chi connectivity index (χ0v) is 12.5. The van der Waals surface area contributed by atoms with Crippen LogP contribution in [-0.4, -0.2) is 34.7 Å². The Morgan fingerprint density at radius 1 is 1.33 bits per heavy atom. The summed E-state index contributed by atoms with van der Waals surface area (Å²) in [5.74, 6) is 1.56. The maximum Gasteiger partial charge on any atom is 0.209 e. The van der Waals surface area contributed by atoms with Crippen molar-refractivity contribution in [1.29, 1.82) is 0 Å². The van der Waals surface area contributed by atoms with Crippen LogP contribution in [0.1, 0.15) is 25.7 Å². The predicted octanol–water partition coefficient (Wildman–Crippen LogP) is 2.94. The Hall–Kier alpha value is -1.65. The number of rotatable bonds is 4. The maximum absolute atomic E-state index is 9.52. The lowest BCUT2D eigenvalue weighted by atomic mass is 9.83. The van der Waals surface area contributed by atoms with Gasteiger partial charge in [0, 0.05) is 24.1 Å². The molecule has 1 fully saturated rings. The standard InChI is InChI=1S/C17H22N2O2/c1-17(13-20)8-5-9-19(12-17)11-16-18-10-15(21-16)14-6-3-2-4-7-14/h2-4,6-7,10,20H,5,8-9,11-13H2,1H3. The molecule has 0 bridgehead atoms. The van der Waals surface area contributed by atoms with E-state index >= 15 is 0 Å². The van der Waals surface area contributed by atoms with E-state index in [1.54, 1.807) is 6.20 Å². The average Bonchev–Trinajstić information content (AvgIpc) is 2.97. The van der Waals surface area contributed by atoms with Crippen LogP contribution in [-0.2, 0) is 6.54 Å². The monoisotopic (exact) mass is 286 g/mol. The zero-order valence-electron chi connectivity index (χ0n) is 12.5. The van der Waals surface area contributed by atoms with Crippen molar-refractivity contribution in [1.82, 2.24) is 9.88 Å². The molecule has 4 nitrogen and oxygen atoms in total. The average molecular weight is 286 g/mol. The molecule has 0 radical (unpaired) electrons. The Kier molecular flexibility index (Phi) is 4.08. The quantitative estimate of drug-likeness (QED) is 0.939. The molecule has 0 spiro atoms. The minimum absolute atomic E-state index is 0.00705. The van der Waals surface area contributed by atoms with Gasteiger partial charge in [-0.15, -0.1) is 0 Å². The van der Waals surface area contributed by atoms with Crippen LogP contribution < -0.4 is 0 Å². The van der Waals surface area contributed by atoms with Gasteiger partial charge in [-0.1, -0.05) is 37.3 Å². The van der Waals surface area contributed by atoms with Gasteiger partial charge in [0.15, 0.2) is 5.76 Å². The largest absolute Gasteiger partial charge is 0.439 e. The van der Waals surface area contributed by atoms with E-state index in [9.17, 15) is 5.11 Å². The summed E-state index contributed by atoms with van der Waals surface area (Å²) in [5, 5.41) is 9.52. The number of piperidine rings is 1. The number of aliphatic hydroxyl groups excluding tert-OH is 1. The van der Waals surface area contributed by atoms with Gasteiger partial charge in [0.2, 0.25) is 5.89 Å². The molecule has 1 aromatic carbocycles. The van der Waals surface area contributed by atoms with E-state index < -0.39 is 0 Å². The van der Waals surface area contributed by atoms with E-state index in [0.29, 0.717) is 6.54 Å². The van der Waals surface area contributed by atoms with E-state index in [1.807, 2.05) is 30.3 Å². The van der Waals surface area contributed by atoms with E-state index in [1.165, 1.54) is 0 Å². The molecule has 0 saturated carbocycles. The normalized spacial score (nSPS) is 23.3. The SMILES string of the molecule is CC1(CO)CCCN(Cc2ncc(-c3ccccc3)o2)C1. The van der Waals surface area contributed by atoms with Gasteiger partial charge in [-0.05, 0) is 19.4 Å². The number of oxazole rings is 1. The summed E-state index contributed by atoms with van der Waals surface area (Å²) in [6.45, 7) is 5.03. The van der Waals surface area contributed by atoms with Crippen LogP contribution in [0.2, 0.25) is 0 Å². The number of likely N-dealkylation sites (tertiary alicyclic amines) is 1. The molecule has 0 aliphatic carbocycles. The van der Waals surface area contributed by atoms with Crippen molar-refractivity contribution < 1.29 is 9.52 Å². The molecule has 112 valence electrons. The van der Waals surface area contributed by atoms with Gasteiger partial charge in [0.05, 0.1) is 12.7 Å². The molecule has 1 N–H and O–H groups in total. The van der Waals surface area contributed by atoms with Crippen LogP contribution in [0.25, 0.3) is 11.3 Å². The third-order valence-electron chi connectivity index (χ3n) is 4.21. The fourth-order valence-corrected chi connectivity index (χ4v) is 3.00. The topological polar surface area (TPSA) is 49.5 Å². The number of aliphatic hydroxyl groups is 1. The highest BCUT2D eigenvalue weighted by molar-refractivity contribution is 5.55. The summed E-state index contributed by atoms with van der Waals surface area (Å²) < 4.78 is 5.86. The van der Waals surface area contributed by atoms with Gasteiger partial charge in [0.25, 0.3) is 0 Å². The Bertz CT molecular complexity index is 581. The molecule has 2 heterocycles. The third-order valence-corrected chi connectivity index (χ3v) is 4.21. The first-order valence-electron chi connectivity index (χ1n) is 7.52. The van der Waals surface area contributed by atoms with Gasteiger partial charge in [0.1, 0.15) is 0 Å². The number of benzene rings is 1. The van der Waals surface area contributed by atoms with Crippen molar-refractivity contribution in [3.8, 4) is 11.3 Å². The lowest BCUT2D eigenvalue weighted by Gasteiger charge is -2.38. The van der Waals surface area contributed by atoms with Crippen molar-refractivity contribution in [2.45, 2.75) is 26.3 Å². The van der Waals surface area contributed by atoms with E-state index in [2.05, 4.69) is 16.8 Å². The van der Waals surface area contributed by atoms with Gasteiger partial charge >= 0.3 is 0 Å². The highest BCUT2D eigenvalue weighted by atomic mass is 16.4. The summed E-state index contributed by atoms with van der Waals surface area (Å²) in [5.41, 5.74) is 1.06. The second kappa shape index (κ2) is 6.00. The van der Waals surface area contributed by atoms with Gasteiger partial charge in [-0.2, -0.15) is 0 Å². The lowest BCUT2D eigenvalue weighted by Crippen LogP contribution is -2.43. The molecule has 21 heavy (non-hydrogen) atoms. The van der Waals surface area contributed by atoms with Gasteiger partial charge in [-0.25, -0.2) is 4.98 Å². The molecule has 1 aliphatic rings. The molecular weight excluding hydrogens is 264 g/mol. The third kappa shape index (κ3) is 3.34. The minimum Gasteiger partial charge on any atom is -0.439 e. The summed E-state index contributed by atoms with van der Waals surface area (Å²) in [6.07, 6.45) is 3.99. The first kappa shape index (κ1) is 14.3. The number of hydrogen-bond donors (Lipinski definition) is 1. The lowest BCUT2D eigenvalue weighted by molar-refractivity contribution is 0.0392. The maximum atomic E-state index is 9.52. The van der Waals surface area contributed by atoms with Crippen molar-refractivity contribution in [2.24, 2.45) is 5.41 Å². The number of hydrogen-bond acceptors (Lipinski definition) is 4. The first-order valence-corrected chi connectivity index (χ1v) is 7.52. The van der Waals surface area contributed by atoms with E-state index in [4.69, 9.17) is 4.42 Å². The fourth-order valence-electron chi connectivity index (χ4n) is 3.00. The van der Waals surface area contributed by atoms with E-state index in [-0.39, 0.29) is 12.0 Å². The molecule has 1 aromatic heterocycles. The predicted molar refractivity (Wildman–Crippen MR) is 81.6 cm³/mol. The minimum atomic E-state index is 0.00705. The fraction of sp³-hybridized carbons (Fsp3) is 0.471. The highest BCUT2D eigenvalue weighted by Crippen LogP contribution is 2.30. The molecule has 1 saturated heterocycles. The molecule has 1 unspecified atom stereocenters. The van der Waals surface area contributed by atoms with Crippen LogP contribution in [0.4, 0.5) is 0 Å². The van der Waals surface area contributed by atoms with Crippen molar-refractivity contribution in [3.05, 3.63) is 42.4 Å². The van der Waals surface area contributed by atoms with Crippen molar-refractivity contribution >= 4 is 0 Å². The smallest absolute Gasteiger partial charge is 0.209 e. The summed E-state index contributed by atoms with van der Waals surface area (Å²) >= 11 is 0. The Labute approximate surface area is 125 Å². The molecule has 1 atom stereocenters. The van der Waals surface area contributed by atoms with Crippen LogP contribution in [0.15, 0.2) is 40.9 Å². The van der Waals surface area contributed by atoms with E-state index in [0.717, 1.165) is 43.1 Å². The second-order valence-corrected chi connectivity index (χ2v) is 6.27. The molecule has 3 rings (SSSR count). The molecule has 2 aromatic rings. The van der Waals surface area contributed by atoms with Crippen LogP contribution in [0, 0.1) is 5.41 Å². The number of aromatic nitrogens is 1. The Balaban J connectivity index is 1.67. The Morgan fingerprint density at radius 3 is 2.90 bits per heavy atom. The molecule has 1 aliphatic heterocycles. The first-order chi connectivity index (χ1) is 10.2. The van der Waals surface area contributed by atoms with Crippen molar-refractivity contribution in [2.75, 3.05) is 19.7 Å². The molecule has 0 amide bonds. The van der Waals surface area contributed by atoms with Crippen LogP contribution in [0.5, 0.6) is 0 Å². The van der Waals surface area contributed by atoms with Gasteiger partial charge < -0.3 is 9.52 Å². The second-order valence-electron chi connectivity index (χ2n) is 6.27.